The van der Waals surface area contributed by atoms with Crippen LogP contribution in [0.25, 0.3) is 11.1 Å². The number of carbonyl (C=O) groups excluding carboxylic acids is 2. The Bertz CT molecular complexity index is 1020. The highest BCUT2D eigenvalue weighted by Crippen LogP contribution is 2.24. The molecule has 0 aliphatic rings. The topological polar surface area (TPSA) is 52.6 Å². The summed E-state index contributed by atoms with van der Waals surface area (Å²) in [6.45, 7) is 4.46. The average Bonchev–Trinajstić information content (AvgIpc) is 2.84. The van der Waals surface area contributed by atoms with E-state index in [1.165, 1.54) is 32.1 Å². The van der Waals surface area contributed by atoms with Crippen LogP contribution in [0, 0.1) is 0 Å². The van der Waals surface area contributed by atoms with Crippen LogP contribution in [0.3, 0.4) is 0 Å². The van der Waals surface area contributed by atoms with E-state index in [4.69, 9.17) is 9.47 Å². The minimum Gasteiger partial charge on any atom is -0.494 e. The highest BCUT2D eigenvalue weighted by atomic mass is 16.5. The molecule has 0 spiro atoms. The van der Waals surface area contributed by atoms with Crippen LogP contribution in [0.15, 0.2) is 72.8 Å². The summed E-state index contributed by atoms with van der Waals surface area (Å²) in [5.41, 5.74) is 3.14. The Morgan fingerprint density at radius 2 is 1.15 bits per heavy atom. The first kappa shape index (κ1) is 24.2. The fourth-order valence-electron chi connectivity index (χ4n) is 3.54. The molecule has 33 heavy (non-hydrogen) atoms. The van der Waals surface area contributed by atoms with Crippen LogP contribution >= 0.6 is 0 Å². The minimum atomic E-state index is -0.406. The number of ether oxygens (including phenoxy) is 2. The van der Waals surface area contributed by atoms with Gasteiger partial charge in [-0.1, -0.05) is 75.4 Å². The smallest absolute Gasteiger partial charge is 0.343 e. The van der Waals surface area contributed by atoms with E-state index < -0.39 is 5.97 Å². The zero-order chi connectivity index (χ0) is 23.5. The fraction of sp³-hybridized carbons (Fsp3) is 0.310. The van der Waals surface area contributed by atoms with Gasteiger partial charge in [0, 0.05) is 5.56 Å². The van der Waals surface area contributed by atoms with E-state index >= 15 is 0 Å². The number of benzene rings is 3. The molecule has 0 aromatic heterocycles. The molecule has 0 heterocycles. The highest BCUT2D eigenvalue weighted by molar-refractivity contribution is 5.94. The van der Waals surface area contributed by atoms with Crippen LogP contribution in [0.5, 0.6) is 11.5 Å². The molecule has 0 fully saturated rings. The Morgan fingerprint density at radius 3 is 1.76 bits per heavy atom. The Hall–Kier alpha value is -3.40. The normalized spacial score (nSPS) is 10.6. The number of hydrogen-bond acceptors (Lipinski definition) is 4. The quantitative estimate of drug-likeness (QED) is 0.125. The van der Waals surface area contributed by atoms with Crippen LogP contribution in [0.4, 0.5) is 0 Å². The molecule has 0 bridgehead atoms. The fourth-order valence-corrected chi connectivity index (χ4v) is 3.54. The largest absolute Gasteiger partial charge is 0.494 e. The van der Waals surface area contributed by atoms with Crippen LogP contribution < -0.4 is 9.47 Å². The lowest BCUT2D eigenvalue weighted by molar-refractivity contribution is 0.0734. The van der Waals surface area contributed by atoms with Gasteiger partial charge in [-0.3, -0.25) is 4.79 Å². The van der Waals surface area contributed by atoms with E-state index in [0.717, 1.165) is 23.3 Å². The van der Waals surface area contributed by atoms with Crippen molar-refractivity contribution in [2.24, 2.45) is 0 Å². The summed E-state index contributed by atoms with van der Waals surface area (Å²) in [4.78, 5) is 23.9. The Kier molecular flexibility index (Phi) is 9.25. The van der Waals surface area contributed by atoms with E-state index in [1.807, 2.05) is 48.5 Å². The van der Waals surface area contributed by atoms with E-state index in [0.29, 0.717) is 23.5 Å². The molecule has 0 aliphatic heterocycles. The maximum absolute atomic E-state index is 12.5. The number of carbonyl (C=O) groups is 2. The number of Topliss-reactive ketones (excluding diaryl/α,β-unsaturated/α-hetero) is 1. The lowest BCUT2D eigenvalue weighted by Gasteiger charge is -2.08. The van der Waals surface area contributed by atoms with Gasteiger partial charge in [-0.2, -0.15) is 0 Å². The summed E-state index contributed by atoms with van der Waals surface area (Å²) in [6.07, 6.45) is 7.35. The van der Waals surface area contributed by atoms with Crippen molar-refractivity contribution in [3.63, 3.8) is 0 Å². The number of hydrogen-bond donors (Lipinski definition) is 0. The molecule has 0 aliphatic carbocycles. The molecule has 3 rings (SSSR count). The van der Waals surface area contributed by atoms with Gasteiger partial charge in [0.05, 0.1) is 12.2 Å². The van der Waals surface area contributed by atoms with Crippen LogP contribution in [0.1, 0.15) is 73.1 Å². The zero-order valence-electron chi connectivity index (χ0n) is 19.5. The molecule has 0 saturated heterocycles. The summed E-state index contributed by atoms with van der Waals surface area (Å²) in [7, 11) is 0. The van der Waals surface area contributed by atoms with Gasteiger partial charge in [0.15, 0.2) is 5.78 Å². The van der Waals surface area contributed by atoms with Gasteiger partial charge in [-0.15, -0.1) is 0 Å². The van der Waals surface area contributed by atoms with E-state index in [9.17, 15) is 9.59 Å². The van der Waals surface area contributed by atoms with Crippen molar-refractivity contribution >= 4 is 11.8 Å². The average molecular weight is 445 g/mol. The summed E-state index contributed by atoms with van der Waals surface area (Å²) >= 11 is 0. The molecule has 0 unspecified atom stereocenters. The molecule has 0 radical (unpaired) electrons. The Morgan fingerprint density at radius 1 is 0.636 bits per heavy atom. The first-order chi connectivity index (χ1) is 16.1. The second-order valence-electron chi connectivity index (χ2n) is 8.19. The lowest BCUT2D eigenvalue weighted by Crippen LogP contribution is -2.08. The lowest BCUT2D eigenvalue weighted by atomic mass is 10.0. The number of rotatable bonds is 12. The van der Waals surface area contributed by atoms with Crippen molar-refractivity contribution in [3.8, 4) is 22.6 Å². The molecular weight excluding hydrogens is 412 g/mol. The SMILES string of the molecule is CCCCCCCCOc1ccc(C(=O)Oc2ccc(-c3ccc(C(C)=O)cc3)cc2)cc1. The maximum Gasteiger partial charge on any atom is 0.343 e. The van der Waals surface area contributed by atoms with Gasteiger partial charge < -0.3 is 9.47 Å². The summed E-state index contributed by atoms with van der Waals surface area (Å²) in [5.74, 6) is 0.880. The van der Waals surface area contributed by atoms with Crippen LogP contribution in [-0.4, -0.2) is 18.4 Å². The molecule has 0 amide bonds. The predicted octanol–water partition coefficient (Wildman–Crippen LogP) is 7.51. The third-order valence-electron chi connectivity index (χ3n) is 5.55. The van der Waals surface area contributed by atoms with Crippen LogP contribution in [-0.2, 0) is 0 Å². The van der Waals surface area contributed by atoms with Crippen molar-refractivity contribution < 1.29 is 19.1 Å². The first-order valence-electron chi connectivity index (χ1n) is 11.7. The zero-order valence-corrected chi connectivity index (χ0v) is 19.5. The third-order valence-corrected chi connectivity index (χ3v) is 5.55. The van der Waals surface area contributed by atoms with E-state index in [-0.39, 0.29) is 5.78 Å². The van der Waals surface area contributed by atoms with Crippen molar-refractivity contribution in [1.82, 2.24) is 0 Å². The molecule has 0 atom stereocenters. The summed E-state index contributed by atoms with van der Waals surface area (Å²) in [6, 6.07) is 21.8. The molecule has 4 heteroatoms. The summed E-state index contributed by atoms with van der Waals surface area (Å²) < 4.78 is 11.3. The van der Waals surface area contributed by atoms with Crippen molar-refractivity contribution in [3.05, 3.63) is 83.9 Å². The molecule has 0 saturated carbocycles. The number of esters is 1. The third kappa shape index (κ3) is 7.60. The molecular formula is C29H32O4. The van der Waals surface area contributed by atoms with Gasteiger partial charge in [0.1, 0.15) is 11.5 Å². The van der Waals surface area contributed by atoms with Gasteiger partial charge in [0.25, 0.3) is 0 Å². The van der Waals surface area contributed by atoms with E-state index in [1.54, 1.807) is 31.2 Å². The summed E-state index contributed by atoms with van der Waals surface area (Å²) in [5, 5.41) is 0. The molecule has 3 aromatic carbocycles. The second kappa shape index (κ2) is 12.6. The van der Waals surface area contributed by atoms with Gasteiger partial charge >= 0.3 is 5.97 Å². The first-order valence-corrected chi connectivity index (χ1v) is 11.7. The number of unbranched alkanes of at least 4 members (excludes halogenated alkanes) is 5. The van der Waals surface area contributed by atoms with Gasteiger partial charge in [-0.05, 0) is 60.9 Å². The molecule has 4 nitrogen and oxygen atoms in total. The van der Waals surface area contributed by atoms with Gasteiger partial charge in [0.2, 0.25) is 0 Å². The highest BCUT2D eigenvalue weighted by Gasteiger charge is 2.09. The standard InChI is InChI=1S/C29H32O4/c1-3-4-5-6-7-8-21-32-27-17-15-26(16-18-27)29(31)33-28-19-13-25(14-20-28)24-11-9-23(10-12-24)22(2)30/h9-20H,3-8,21H2,1-2H3. The Labute approximate surface area is 196 Å². The van der Waals surface area contributed by atoms with Crippen molar-refractivity contribution in [2.45, 2.75) is 52.4 Å². The van der Waals surface area contributed by atoms with Crippen molar-refractivity contribution in [2.75, 3.05) is 6.61 Å². The van der Waals surface area contributed by atoms with Gasteiger partial charge in [-0.25, -0.2) is 4.79 Å². The Balaban J connectivity index is 1.48. The second-order valence-corrected chi connectivity index (χ2v) is 8.19. The van der Waals surface area contributed by atoms with Crippen molar-refractivity contribution in [1.29, 1.82) is 0 Å². The maximum atomic E-state index is 12.5. The molecule has 172 valence electrons. The monoisotopic (exact) mass is 444 g/mol. The molecule has 0 N–H and O–H groups in total. The predicted molar refractivity (Wildman–Crippen MR) is 132 cm³/mol. The van der Waals surface area contributed by atoms with Crippen LogP contribution in [0.2, 0.25) is 0 Å². The van der Waals surface area contributed by atoms with E-state index in [2.05, 4.69) is 6.92 Å². The number of ketones is 1. The minimum absolute atomic E-state index is 0.0428. The molecule has 3 aromatic rings.